The van der Waals surface area contributed by atoms with Gasteiger partial charge in [-0.2, -0.15) is 0 Å². The van der Waals surface area contributed by atoms with Gasteiger partial charge in [-0.05, 0) is 125 Å². The third kappa shape index (κ3) is 24.7. The predicted molar refractivity (Wildman–Crippen MR) is 363 cm³/mol. The number of hydrogen-bond acceptors (Lipinski definition) is 35. The van der Waals surface area contributed by atoms with Crippen molar-refractivity contribution in [3.63, 3.8) is 0 Å². The molecular formula is C60H43N13O26S4. The van der Waals surface area contributed by atoms with Gasteiger partial charge in [0.15, 0.2) is 17.2 Å². The number of phenols is 6. The van der Waals surface area contributed by atoms with Crippen LogP contribution >= 0.6 is 0 Å². The number of phenolic OH excluding ortho intramolecular Hbond substituents is 6. The highest BCUT2D eigenvalue weighted by molar-refractivity contribution is 7.59. The van der Waals surface area contributed by atoms with Gasteiger partial charge >= 0.3 is 48.1 Å². The van der Waals surface area contributed by atoms with E-state index in [1.807, 2.05) is 78.9 Å². The zero-order valence-electron chi connectivity index (χ0n) is 51.1. The molecule has 10 N–H and O–H groups in total. The van der Waals surface area contributed by atoms with Crippen molar-refractivity contribution in [2.45, 2.75) is 0 Å². The first-order valence-corrected chi connectivity index (χ1v) is 31.3. The van der Waals surface area contributed by atoms with Gasteiger partial charge in [-0.15, -0.1) is 81.2 Å². The van der Waals surface area contributed by atoms with Crippen LogP contribution in [0, 0.1) is 40.5 Å². The van der Waals surface area contributed by atoms with Crippen LogP contribution in [0.5, 0.6) is 34.5 Å². The number of nitro benzene ring substituents is 4. The highest BCUT2D eigenvalue weighted by Crippen LogP contribution is 2.44. The van der Waals surface area contributed by atoms with Gasteiger partial charge in [-0.25, -0.2) is 0 Å². The molecule has 0 aliphatic rings. The molecule has 0 radical (unpaired) electrons. The lowest BCUT2D eigenvalue weighted by Crippen LogP contribution is -1.93. The van der Waals surface area contributed by atoms with E-state index in [-0.39, 0.29) is 68.6 Å². The van der Waals surface area contributed by atoms with Crippen LogP contribution in [0.4, 0.5) is 85.3 Å². The van der Waals surface area contributed by atoms with E-state index in [0.29, 0.717) is 33.3 Å². The molecule has 43 heteroatoms. The fourth-order valence-corrected chi connectivity index (χ4v) is 8.35. The summed E-state index contributed by atoms with van der Waals surface area (Å²) in [6, 6.07) is 53.3. The number of rotatable bonds is 14. The van der Waals surface area contributed by atoms with Gasteiger partial charge in [0, 0.05) is 68.9 Å². The van der Waals surface area contributed by atoms with Crippen LogP contribution in [-0.4, -0.2) is 101 Å². The van der Waals surface area contributed by atoms with Crippen LogP contribution in [0.3, 0.4) is 0 Å². The highest BCUT2D eigenvalue weighted by Gasteiger charge is 2.24. The molecule has 0 saturated carbocycles. The van der Waals surface area contributed by atoms with Crippen molar-refractivity contribution in [3.8, 4) is 34.5 Å². The van der Waals surface area contributed by atoms with Crippen LogP contribution < -0.4 is 16.4 Å². The van der Waals surface area contributed by atoms with Gasteiger partial charge in [0.2, 0.25) is 5.75 Å². The van der Waals surface area contributed by atoms with E-state index >= 15 is 0 Å². The minimum absolute atomic E-state index is 0.0137. The van der Waals surface area contributed by atoms with Crippen LogP contribution in [0.25, 0.3) is 32.3 Å². The van der Waals surface area contributed by atoms with E-state index in [4.69, 9.17) is 56.2 Å². The first-order valence-electron chi connectivity index (χ1n) is 27.3. The third-order valence-electron chi connectivity index (χ3n) is 12.7. The Hall–Kier alpha value is -14.7. The van der Waals surface area contributed by atoms with Crippen molar-refractivity contribution < 1.29 is 101 Å². The fourth-order valence-electron chi connectivity index (χ4n) is 8.35. The first-order chi connectivity index (χ1) is 48.7. The largest absolute Gasteiger partial charge is 0.506 e. The average Bonchev–Trinajstić information content (AvgIpc) is 0.811. The van der Waals surface area contributed by atoms with Crippen molar-refractivity contribution in [2.24, 2.45) is 30.7 Å². The maximum absolute atomic E-state index is 11.1. The number of nitro groups is 4. The molecule has 0 spiro atoms. The predicted octanol–water partition coefficient (Wildman–Crippen LogP) is 12.7. The Bertz CT molecular complexity index is 5500. The van der Waals surface area contributed by atoms with E-state index < -0.39 is 84.9 Å². The number of para-hydroxylation sites is 2. The van der Waals surface area contributed by atoms with Gasteiger partial charge < -0.3 is 47.0 Å². The number of hydrogen-bond donors (Lipinski definition) is 9. The van der Waals surface area contributed by atoms with Crippen LogP contribution in [0.1, 0.15) is 0 Å². The number of aromatic hydroxyl groups is 6. The maximum atomic E-state index is 11.1. The molecule has 0 heterocycles. The average molecular weight is 1490 g/mol. The molecule has 0 unspecified atom stereocenters. The summed E-state index contributed by atoms with van der Waals surface area (Å²) in [4.78, 5) is 40.6. The summed E-state index contributed by atoms with van der Waals surface area (Å²) in [6.45, 7) is 0. The number of azo groups is 3. The number of non-ortho nitro benzene ring substituents is 3. The molecule has 0 amide bonds. The molecule has 0 aliphatic carbocycles. The summed E-state index contributed by atoms with van der Waals surface area (Å²) in [5.41, 5.74) is 7.72. The SMILES string of the molecule is Nc1ccc2c(O)c(N=Nc3ccc([N+](=O)[O-])cc3O)ccc2c1.O=S(=O)=O.O=S(=O)=O.O=S(=O)=O.O=S(=O)=O.O=[N+]([O-])c1cc(N=Nc2ccc3cc(Nc4ccccc4)ccc3c2O)c(O)c([N+](=O)[O-])c1.O=[N+]([O-])c1ccc(O)c(N=Nc2ccc3cc(Nc4ccccc4)ccc3c2O)c1. The second kappa shape index (κ2) is 37.7. The molecule has 0 fully saturated rings. The lowest BCUT2D eigenvalue weighted by Gasteiger charge is -2.09. The van der Waals surface area contributed by atoms with Crippen LogP contribution in [0.2, 0.25) is 0 Å². The summed E-state index contributed by atoms with van der Waals surface area (Å²) >= 11 is 0. The molecule has 39 nitrogen and oxygen atoms in total. The van der Waals surface area contributed by atoms with Crippen molar-refractivity contribution in [2.75, 3.05) is 16.4 Å². The topological polar surface area (TPSA) is 623 Å². The van der Waals surface area contributed by atoms with E-state index in [1.165, 1.54) is 30.3 Å². The summed E-state index contributed by atoms with van der Waals surface area (Å²) in [5.74, 6) is -1.85. The van der Waals surface area contributed by atoms with E-state index in [1.54, 1.807) is 66.7 Å². The van der Waals surface area contributed by atoms with E-state index in [0.717, 1.165) is 51.7 Å². The maximum Gasteiger partial charge on any atom is 0.425 e. The smallest absolute Gasteiger partial charge is 0.425 e. The number of benzene rings is 11. The van der Waals surface area contributed by atoms with Gasteiger partial charge in [-0.3, -0.25) is 40.5 Å². The normalized spacial score (nSPS) is 10.3. The zero-order chi connectivity index (χ0) is 76.2. The molecule has 11 aromatic rings. The van der Waals surface area contributed by atoms with Crippen molar-refractivity contribution >= 4 is 160 Å². The summed E-state index contributed by atoms with van der Waals surface area (Å²) < 4.78 is 101. The quantitative estimate of drug-likeness (QED) is 0.0211. The number of nitrogens with zero attached hydrogens (tertiary/aromatic N) is 10. The lowest BCUT2D eigenvalue weighted by molar-refractivity contribution is -0.394. The van der Waals surface area contributed by atoms with E-state index in [2.05, 4.69) is 41.3 Å². The third-order valence-corrected chi connectivity index (χ3v) is 12.7. The molecule has 0 atom stereocenters. The van der Waals surface area contributed by atoms with Crippen LogP contribution in [0.15, 0.2) is 231 Å². The zero-order valence-corrected chi connectivity index (χ0v) is 54.3. The van der Waals surface area contributed by atoms with Crippen molar-refractivity contribution in [1.29, 1.82) is 0 Å². The summed E-state index contributed by atoms with van der Waals surface area (Å²) in [5, 5.41) is 138. The Balaban J connectivity index is 0.000000253. The number of nitrogens with two attached hydrogens (primary N) is 1. The number of anilines is 5. The minimum atomic E-state index is -3.11. The van der Waals surface area contributed by atoms with Gasteiger partial charge in [0.05, 0.1) is 31.8 Å². The summed E-state index contributed by atoms with van der Waals surface area (Å²) in [6.07, 6.45) is 0. The molecule has 0 saturated heterocycles. The Morgan fingerprint density at radius 1 is 0.301 bits per heavy atom. The standard InChI is InChI=1S/C22H15N5O6.C22H16N4O4.C16H12N4O4.4O3S/c28-21-17-8-7-15(23-14-4-2-1-3-5-14)10-13(17)6-9-18(21)24-25-19-11-16(26(30)31)12-20(22(19)29)27(32)33;27-21-11-8-17(26(29)30)13-20(21)25-24-19-10-6-14-12-16(7-9-18(14)22(19)28)23-15-4-2-1-3-5-15;17-10-2-4-12-9(7-10)1-5-14(16(12)22)19-18-13-6-3-11(20(23)24)8-15(13)21;4*1-4(2)3/h1-12,23,28-29H;1-13,23,27-28H;1-8,21-22H,17H2;;;;. The molecule has 0 aromatic heterocycles. The molecule has 528 valence electrons. The minimum Gasteiger partial charge on any atom is -0.506 e. The van der Waals surface area contributed by atoms with Crippen LogP contribution in [-0.2, 0) is 42.4 Å². The number of nitrogens with one attached hydrogen (secondary N) is 2. The summed E-state index contributed by atoms with van der Waals surface area (Å²) in [7, 11) is -12.4. The first kappa shape index (κ1) is 79.0. The molecule has 11 aromatic carbocycles. The fraction of sp³-hybridized carbons (Fsp3) is 0. The molecular weight excluding hydrogens is 1450 g/mol. The molecule has 103 heavy (non-hydrogen) atoms. The molecule has 0 bridgehead atoms. The number of nitrogen functional groups attached to an aromatic ring is 1. The van der Waals surface area contributed by atoms with Crippen molar-refractivity contribution in [1.82, 2.24) is 0 Å². The molecule has 0 aliphatic heterocycles. The Labute approximate surface area is 580 Å². The second-order valence-corrected chi connectivity index (χ2v) is 20.9. The van der Waals surface area contributed by atoms with E-state index in [9.17, 15) is 71.1 Å². The Morgan fingerprint density at radius 2 is 0.641 bits per heavy atom. The second-order valence-electron chi connectivity index (χ2n) is 19.3. The monoisotopic (exact) mass is 1490 g/mol. The van der Waals surface area contributed by atoms with Crippen molar-refractivity contribution in [3.05, 3.63) is 241 Å². The highest BCUT2D eigenvalue weighted by atomic mass is 32.2. The Morgan fingerprint density at radius 3 is 1.04 bits per heavy atom. The lowest BCUT2D eigenvalue weighted by atomic mass is 10.1. The van der Waals surface area contributed by atoms with Gasteiger partial charge in [-0.1, -0.05) is 54.6 Å². The van der Waals surface area contributed by atoms with Gasteiger partial charge in [0.25, 0.3) is 17.1 Å². The molecule has 11 rings (SSSR count). The Kier molecular flexibility index (Phi) is 28.9. The number of fused-ring (bicyclic) bond motifs is 3. The van der Waals surface area contributed by atoms with Gasteiger partial charge in [0.1, 0.15) is 45.6 Å².